The van der Waals surface area contributed by atoms with E-state index in [2.05, 4.69) is 5.10 Å². The molecule has 94 valence electrons. The number of halogens is 1. The monoisotopic (exact) mass is 264 g/mol. The van der Waals surface area contributed by atoms with Gasteiger partial charge in [-0.05, 0) is 13.8 Å². The van der Waals surface area contributed by atoms with Crippen molar-refractivity contribution in [2.75, 3.05) is 0 Å². The molecule has 0 aliphatic rings. The summed E-state index contributed by atoms with van der Waals surface area (Å²) in [4.78, 5) is 11.0. The minimum absolute atomic E-state index is 0.103. The van der Waals surface area contributed by atoms with Gasteiger partial charge in [0, 0.05) is 12.1 Å². The van der Waals surface area contributed by atoms with Crippen LogP contribution in [-0.4, -0.2) is 20.9 Å². The zero-order valence-corrected chi connectivity index (χ0v) is 10.9. The van der Waals surface area contributed by atoms with Crippen molar-refractivity contribution in [2.45, 2.75) is 20.4 Å². The van der Waals surface area contributed by atoms with E-state index in [0.29, 0.717) is 12.2 Å². The number of aryl methyl sites for hydroxylation is 2. The van der Waals surface area contributed by atoms with Crippen LogP contribution >= 0.6 is 11.6 Å². The average Bonchev–Trinajstić information content (AvgIpc) is 2.67. The molecule has 0 aliphatic carbocycles. The minimum atomic E-state index is -1.11. The summed E-state index contributed by atoms with van der Waals surface area (Å²) in [7, 11) is 0. The maximum absolute atomic E-state index is 11.0. The van der Waals surface area contributed by atoms with Crippen LogP contribution < -0.4 is 0 Å². The number of hydrogen-bond acceptors (Lipinski definition) is 2. The molecule has 0 fully saturated rings. The smallest absolute Gasteiger partial charge is 0.358 e. The van der Waals surface area contributed by atoms with Gasteiger partial charge < -0.3 is 5.11 Å². The van der Waals surface area contributed by atoms with E-state index in [0.717, 1.165) is 11.1 Å². The summed E-state index contributed by atoms with van der Waals surface area (Å²) in [5.74, 6) is -1.11. The number of carboxylic acids is 1. The summed E-state index contributed by atoms with van der Waals surface area (Å²) in [6.45, 7) is 4.45. The van der Waals surface area contributed by atoms with Crippen LogP contribution in [0.1, 0.15) is 23.0 Å². The molecule has 0 bridgehead atoms. The van der Waals surface area contributed by atoms with Crippen molar-refractivity contribution in [3.8, 4) is 11.3 Å². The van der Waals surface area contributed by atoms with Gasteiger partial charge >= 0.3 is 5.97 Å². The van der Waals surface area contributed by atoms with Gasteiger partial charge in [-0.15, -0.1) is 0 Å². The van der Waals surface area contributed by atoms with Crippen molar-refractivity contribution in [3.63, 3.8) is 0 Å². The molecule has 0 radical (unpaired) electrons. The van der Waals surface area contributed by atoms with Crippen molar-refractivity contribution < 1.29 is 9.90 Å². The molecule has 2 rings (SSSR count). The van der Waals surface area contributed by atoms with E-state index >= 15 is 0 Å². The lowest BCUT2D eigenvalue weighted by molar-refractivity contribution is 0.0689. The number of benzene rings is 1. The van der Waals surface area contributed by atoms with Crippen LogP contribution in [0.2, 0.25) is 5.02 Å². The molecule has 0 aliphatic heterocycles. The van der Waals surface area contributed by atoms with Crippen LogP contribution in [0.4, 0.5) is 0 Å². The lowest BCUT2D eigenvalue weighted by atomic mass is 10.1. The van der Waals surface area contributed by atoms with Crippen molar-refractivity contribution in [1.29, 1.82) is 0 Å². The van der Waals surface area contributed by atoms with E-state index in [-0.39, 0.29) is 10.7 Å². The van der Waals surface area contributed by atoms with E-state index in [1.54, 1.807) is 4.68 Å². The number of aromatic nitrogens is 2. The van der Waals surface area contributed by atoms with Gasteiger partial charge in [0.2, 0.25) is 0 Å². The molecule has 4 nitrogen and oxygen atoms in total. The minimum Gasteiger partial charge on any atom is -0.476 e. The molecule has 0 amide bonds. The Hall–Kier alpha value is -1.81. The molecule has 1 aromatic carbocycles. The van der Waals surface area contributed by atoms with Gasteiger partial charge in [0.05, 0.1) is 5.69 Å². The van der Waals surface area contributed by atoms with Crippen molar-refractivity contribution in [1.82, 2.24) is 9.78 Å². The SMILES string of the molecule is CCn1nc(C(=O)O)c(Cl)c1-c1ccc(C)cc1. The van der Waals surface area contributed by atoms with E-state index in [9.17, 15) is 4.79 Å². The number of nitrogens with zero attached hydrogens (tertiary/aromatic N) is 2. The third kappa shape index (κ3) is 2.11. The fourth-order valence-electron chi connectivity index (χ4n) is 1.79. The molecular weight excluding hydrogens is 252 g/mol. The predicted molar refractivity (Wildman–Crippen MR) is 70.0 cm³/mol. The first-order chi connectivity index (χ1) is 8.54. The number of aromatic carboxylic acids is 1. The Morgan fingerprint density at radius 1 is 1.39 bits per heavy atom. The molecule has 0 saturated carbocycles. The second kappa shape index (κ2) is 4.82. The average molecular weight is 265 g/mol. The lowest BCUT2D eigenvalue weighted by Gasteiger charge is -2.05. The third-order valence-corrected chi connectivity index (χ3v) is 3.08. The molecule has 0 atom stereocenters. The maximum Gasteiger partial charge on any atom is 0.358 e. The molecule has 18 heavy (non-hydrogen) atoms. The Bertz CT molecular complexity index is 588. The van der Waals surface area contributed by atoms with Gasteiger partial charge in [0.1, 0.15) is 5.02 Å². The summed E-state index contributed by atoms with van der Waals surface area (Å²) in [6.07, 6.45) is 0. The lowest BCUT2D eigenvalue weighted by Crippen LogP contribution is -2.02. The second-order valence-corrected chi connectivity index (χ2v) is 4.38. The highest BCUT2D eigenvalue weighted by molar-refractivity contribution is 6.35. The van der Waals surface area contributed by atoms with E-state index < -0.39 is 5.97 Å². The highest BCUT2D eigenvalue weighted by atomic mass is 35.5. The molecular formula is C13H13ClN2O2. The molecule has 0 spiro atoms. The van der Waals surface area contributed by atoms with Crippen LogP contribution in [0.5, 0.6) is 0 Å². The van der Waals surface area contributed by atoms with Crippen LogP contribution in [-0.2, 0) is 6.54 Å². The van der Waals surface area contributed by atoms with E-state index in [4.69, 9.17) is 16.7 Å². The van der Waals surface area contributed by atoms with Gasteiger partial charge in [0.15, 0.2) is 5.69 Å². The predicted octanol–water partition coefficient (Wildman–Crippen LogP) is 3.23. The van der Waals surface area contributed by atoms with Gasteiger partial charge in [0.25, 0.3) is 0 Å². The van der Waals surface area contributed by atoms with Crippen molar-refractivity contribution >= 4 is 17.6 Å². The van der Waals surface area contributed by atoms with Crippen LogP contribution in [0, 0.1) is 6.92 Å². The zero-order valence-electron chi connectivity index (χ0n) is 10.1. The van der Waals surface area contributed by atoms with Crippen molar-refractivity contribution in [2.24, 2.45) is 0 Å². The Balaban J connectivity index is 2.62. The highest BCUT2D eigenvalue weighted by Crippen LogP contribution is 2.31. The van der Waals surface area contributed by atoms with Crippen LogP contribution in [0.25, 0.3) is 11.3 Å². The van der Waals surface area contributed by atoms with Gasteiger partial charge in [-0.3, -0.25) is 4.68 Å². The Morgan fingerprint density at radius 2 is 2.00 bits per heavy atom. The molecule has 1 N–H and O–H groups in total. The fourth-order valence-corrected chi connectivity index (χ4v) is 2.12. The Labute approximate surface area is 110 Å². The van der Waals surface area contributed by atoms with Crippen molar-refractivity contribution in [3.05, 3.63) is 40.5 Å². The van der Waals surface area contributed by atoms with Gasteiger partial charge in [-0.1, -0.05) is 41.4 Å². The quantitative estimate of drug-likeness (QED) is 0.926. The van der Waals surface area contributed by atoms with E-state index in [1.807, 2.05) is 38.1 Å². The summed E-state index contributed by atoms with van der Waals surface area (Å²) in [5, 5.41) is 13.2. The Morgan fingerprint density at radius 3 is 2.50 bits per heavy atom. The van der Waals surface area contributed by atoms with E-state index in [1.165, 1.54) is 0 Å². The number of carboxylic acid groups (broad SMARTS) is 1. The molecule has 1 aromatic heterocycles. The number of carbonyl (C=O) groups is 1. The second-order valence-electron chi connectivity index (χ2n) is 4.00. The number of rotatable bonds is 3. The summed E-state index contributed by atoms with van der Waals surface area (Å²) >= 11 is 6.11. The number of hydrogen-bond donors (Lipinski definition) is 1. The molecule has 2 aromatic rings. The third-order valence-electron chi connectivity index (χ3n) is 2.72. The zero-order chi connectivity index (χ0) is 13.3. The van der Waals surface area contributed by atoms with Crippen LogP contribution in [0.3, 0.4) is 0 Å². The largest absolute Gasteiger partial charge is 0.476 e. The van der Waals surface area contributed by atoms with Gasteiger partial charge in [-0.2, -0.15) is 5.10 Å². The summed E-state index contributed by atoms with van der Waals surface area (Å²) < 4.78 is 1.61. The molecule has 5 heteroatoms. The highest BCUT2D eigenvalue weighted by Gasteiger charge is 2.21. The first-order valence-corrected chi connectivity index (χ1v) is 5.99. The topological polar surface area (TPSA) is 55.1 Å². The molecule has 0 saturated heterocycles. The fraction of sp³-hybridized carbons (Fsp3) is 0.231. The summed E-state index contributed by atoms with van der Waals surface area (Å²) in [6, 6.07) is 7.74. The molecule has 0 unspecified atom stereocenters. The molecule has 1 heterocycles. The van der Waals surface area contributed by atoms with Gasteiger partial charge in [-0.25, -0.2) is 4.79 Å². The normalized spacial score (nSPS) is 10.6. The standard InChI is InChI=1S/C13H13ClN2O2/c1-3-16-12(9-6-4-8(2)5-7-9)10(14)11(15-16)13(17)18/h4-7H,3H2,1-2H3,(H,17,18). The Kier molecular flexibility index (Phi) is 3.39. The maximum atomic E-state index is 11.0. The summed E-state index contributed by atoms with van der Waals surface area (Å²) in [5.41, 5.74) is 2.55. The first kappa shape index (κ1) is 12.6. The van der Waals surface area contributed by atoms with Crippen LogP contribution in [0.15, 0.2) is 24.3 Å². The first-order valence-electron chi connectivity index (χ1n) is 5.61.